The molecule has 1 aliphatic rings. The highest BCUT2D eigenvalue weighted by Crippen LogP contribution is 2.20. The predicted molar refractivity (Wildman–Crippen MR) is 74.3 cm³/mol. The number of carbonyl (C=O) groups is 1. The second-order valence-corrected chi connectivity index (χ2v) is 6.45. The molecular formula is C12H17BrN2OS. The topological polar surface area (TPSA) is 32.3 Å². The summed E-state index contributed by atoms with van der Waals surface area (Å²) in [4.78, 5) is 15.0. The number of hydrogen-bond acceptors (Lipinski definition) is 3. The lowest BCUT2D eigenvalue weighted by Gasteiger charge is -2.20. The van der Waals surface area contributed by atoms with E-state index in [1.807, 2.05) is 23.4 Å². The standard InChI is InChI=1S/C12H17BrN2OS/c1-15(7-9-2-3-14-6-9)12(16)5-11-4-10(13)8-17-11/h4,8-9,14H,2-3,5-7H2,1H3. The number of nitrogens with one attached hydrogen (secondary N) is 1. The SMILES string of the molecule is CN(CC1CCNC1)C(=O)Cc1cc(Br)cs1. The highest BCUT2D eigenvalue weighted by atomic mass is 79.9. The number of thiophene rings is 1. The fourth-order valence-corrected chi connectivity index (χ4v) is 3.53. The molecule has 17 heavy (non-hydrogen) atoms. The van der Waals surface area contributed by atoms with Crippen LogP contribution in [0.4, 0.5) is 0 Å². The van der Waals surface area contributed by atoms with Crippen LogP contribution in [0.3, 0.4) is 0 Å². The third-order valence-electron chi connectivity index (χ3n) is 3.07. The third-order valence-corrected chi connectivity index (χ3v) is 4.77. The van der Waals surface area contributed by atoms with Crippen molar-refractivity contribution in [2.75, 3.05) is 26.7 Å². The van der Waals surface area contributed by atoms with Gasteiger partial charge in [0.25, 0.3) is 0 Å². The number of carbonyl (C=O) groups excluding carboxylic acids is 1. The summed E-state index contributed by atoms with van der Waals surface area (Å²) in [5, 5.41) is 5.34. The van der Waals surface area contributed by atoms with E-state index in [1.165, 1.54) is 6.42 Å². The third kappa shape index (κ3) is 3.79. The number of rotatable bonds is 4. The van der Waals surface area contributed by atoms with E-state index in [0.717, 1.165) is 29.0 Å². The Morgan fingerprint density at radius 3 is 3.12 bits per heavy atom. The molecule has 0 bridgehead atoms. The Bertz CT molecular complexity index is 388. The first kappa shape index (κ1) is 13.1. The minimum Gasteiger partial charge on any atom is -0.345 e. The van der Waals surface area contributed by atoms with E-state index >= 15 is 0 Å². The number of hydrogen-bond donors (Lipinski definition) is 1. The lowest BCUT2D eigenvalue weighted by Crippen LogP contribution is -2.33. The van der Waals surface area contributed by atoms with Gasteiger partial charge in [-0.2, -0.15) is 0 Å². The van der Waals surface area contributed by atoms with Crippen molar-refractivity contribution in [3.8, 4) is 0 Å². The summed E-state index contributed by atoms with van der Waals surface area (Å²) in [6.07, 6.45) is 1.70. The maximum Gasteiger partial charge on any atom is 0.227 e. The fraction of sp³-hybridized carbons (Fsp3) is 0.583. The lowest BCUT2D eigenvalue weighted by atomic mass is 10.1. The van der Waals surface area contributed by atoms with Crippen molar-refractivity contribution in [3.63, 3.8) is 0 Å². The van der Waals surface area contributed by atoms with Crippen molar-refractivity contribution in [2.24, 2.45) is 5.92 Å². The molecule has 3 nitrogen and oxygen atoms in total. The molecule has 0 saturated carbocycles. The molecular weight excluding hydrogens is 300 g/mol. The number of halogens is 1. The molecule has 1 aromatic rings. The zero-order chi connectivity index (χ0) is 12.3. The molecule has 2 rings (SSSR count). The highest BCUT2D eigenvalue weighted by Gasteiger charge is 2.19. The van der Waals surface area contributed by atoms with Gasteiger partial charge in [0.05, 0.1) is 6.42 Å². The molecule has 1 atom stereocenters. The minimum atomic E-state index is 0.214. The molecule has 2 heterocycles. The summed E-state index contributed by atoms with van der Waals surface area (Å²) in [7, 11) is 1.91. The lowest BCUT2D eigenvalue weighted by molar-refractivity contribution is -0.129. The molecule has 1 unspecified atom stereocenters. The summed E-state index contributed by atoms with van der Waals surface area (Å²) < 4.78 is 1.06. The van der Waals surface area contributed by atoms with Crippen LogP contribution in [0.15, 0.2) is 15.9 Å². The molecule has 94 valence electrons. The van der Waals surface area contributed by atoms with Crippen LogP contribution in [0.2, 0.25) is 0 Å². The molecule has 1 fully saturated rings. The Morgan fingerprint density at radius 2 is 2.53 bits per heavy atom. The Balaban J connectivity index is 1.82. The van der Waals surface area contributed by atoms with Crippen LogP contribution in [-0.4, -0.2) is 37.5 Å². The Hall–Kier alpha value is -0.390. The van der Waals surface area contributed by atoms with Crippen molar-refractivity contribution in [1.29, 1.82) is 0 Å². The van der Waals surface area contributed by atoms with E-state index in [0.29, 0.717) is 12.3 Å². The second kappa shape index (κ2) is 5.98. The van der Waals surface area contributed by atoms with E-state index in [1.54, 1.807) is 11.3 Å². The van der Waals surface area contributed by atoms with Crippen LogP contribution in [-0.2, 0) is 11.2 Å². The van der Waals surface area contributed by atoms with Crippen molar-refractivity contribution in [1.82, 2.24) is 10.2 Å². The smallest absolute Gasteiger partial charge is 0.227 e. The van der Waals surface area contributed by atoms with Gasteiger partial charge in [-0.25, -0.2) is 0 Å². The first-order chi connectivity index (χ1) is 8.15. The van der Waals surface area contributed by atoms with E-state index < -0.39 is 0 Å². The van der Waals surface area contributed by atoms with E-state index in [2.05, 4.69) is 21.2 Å². The van der Waals surface area contributed by atoms with Gasteiger partial charge in [-0.3, -0.25) is 4.79 Å². The van der Waals surface area contributed by atoms with Gasteiger partial charge in [0.2, 0.25) is 5.91 Å². The maximum atomic E-state index is 12.0. The van der Waals surface area contributed by atoms with Gasteiger partial charge < -0.3 is 10.2 Å². The summed E-state index contributed by atoms with van der Waals surface area (Å²) >= 11 is 5.04. The average molecular weight is 317 g/mol. The van der Waals surface area contributed by atoms with Crippen LogP contribution in [0.1, 0.15) is 11.3 Å². The molecule has 5 heteroatoms. The molecule has 1 amide bonds. The van der Waals surface area contributed by atoms with E-state index in [9.17, 15) is 4.79 Å². The van der Waals surface area contributed by atoms with Crippen LogP contribution in [0, 0.1) is 5.92 Å². The van der Waals surface area contributed by atoms with Crippen molar-refractivity contribution in [3.05, 3.63) is 20.8 Å². The van der Waals surface area contributed by atoms with Crippen LogP contribution < -0.4 is 5.32 Å². The summed E-state index contributed by atoms with van der Waals surface area (Å²) in [5.74, 6) is 0.838. The minimum absolute atomic E-state index is 0.214. The van der Waals surface area contributed by atoms with Crippen LogP contribution >= 0.6 is 27.3 Å². The largest absolute Gasteiger partial charge is 0.345 e. The normalized spacial score (nSPS) is 19.5. The van der Waals surface area contributed by atoms with Crippen LogP contribution in [0.25, 0.3) is 0 Å². The fourth-order valence-electron chi connectivity index (χ4n) is 2.09. The Morgan fingerprint density at radius 1 is 1.71 bits per heavy atom. The quantitative estimate of drug-likeness (QED) is 0.923. The number of nitrogens with zero attached hydrogens (tertiary/aromatic N) is 1. The summed E-state index contributed by atoms with van der Waals surface area (Å²) in [6.45, 7) is 3.01. The van der Waals surface area contributed by atoms with Gasteiger partial charge in [0.15, 0.2) is 0 Å². The van der Waals surface area contributed by atoms with E-state index in [-0.39, 0.29) is 5.91 Å². The monoisotopic (exact) mass is 316 g/mol. The van der Waals surface area contributed by atoms with Crippen LogP contribution in [0.5, 0.6) is 0 Å². The van der Waals surface area contributed by atoms with Gasteiger partial charge in [-0.05, 0) is 47.4 Å². The summed E-state index contributed by atoms with van der Waals surface area (Å²) in [5.41, 5.74) is 0. The maximum absolute atomic E-state index is 12.0. The number of likely N-dealkylation sites (N-methyl/N-ethyl adjacent to an activating group) is 1. The van der Waals surface area contributed by atoms with Gasteiger partial charge in [-0.1, -0.05) is 0 Å². The molecule has 1 aromatic heterocycles. The van der Waals surface area contributed by atoms with Gasteiger partial charge >= 0.3 is 0 Å². The molecule has 0 aliphatic carbocycles. The van der Waals surface area contributed by atoms with Crippen molar-refractivity contribution in [2.45, 2.75) is 12.8 Å². The van der Waals surface area contributed by atoms with Gasteiger partial charge in [-0.15, -0.1) is 11.3 Å². The molecule has 0 aromatic carbocycles. The second-order valence-electron chi connectivity index (χ2n) is 4.54. The first-order valence-electron chi connectivity index (χ1n) is 5.82. The molecule has 1 N–H and O–H groups in total. The molecule has 0 spiro atoms. The summed E-state index contributed by atoms with van der Waals surface area (Å²) in [6, 6.07) is 2.02. The zero-order valence-electron chi connectivity index (χ0n) is 9.91. The highest BCUT2D eigenvalue weighted by molar-refractivity contribution is 9.10. The predicted octanol–water partition coefficient (Wildman–Crippen LogP) is 2.12. The Kier molecular flexibility index (Phi) is 4.59. The first-order valence-corrected chi connectivity index (χ1v) is 7.50. The van der Waals surface area contributed by atoms with Gasteiger partial charge in [0.1, 0.15) is 0 Å². The average Bonchev–Trinajstić information content (AvgIpc) is 2.90. The Labute approximate surface area is 114 Å². The van der Waals surface area contributed by atoms with E-state index in [4.69, 9.17) is 0 Å². The van der Waals surface area contributed by atoms with Gasteiger partial charge in [0, 0.05) is 28.3 Å². The number of amides is 1. The molecule has 1 saturated heterocycles. The molecule has 1 aliphatic heterocycles. The molecule has 0 radical (unpaired) electrons. The zero-order valence-corrected chi connectivity index (χ0v) is 12.3. The van der Waals surface area contributed by atoms with Crippen molar-refractivity contribution >= 4 is 33.2 Å². The van der Waals surface area contributed by atoms with Crippen molar-refractivity contribution < 1.29 is 4.79 Å².